The summed E-state index contributed by atoms with van der Waals surface area (Å²) in [6.07, 6.45) is 0.884. The topological polar surface area (TPSA) is 64.2 Å². The van der Waals surface area contributed by atoms with Crippen LogP contribution in [0.4, 0.5) is 0 Å². The minimum absolute atomic E-state index is 0.102. The molecule has 5 heteroatoms. The normalized spacial score (nSPS) is 16.6. The molecule has 5 nitrogen and oxygen atoms in total. The summed E-state index contributed by atoms with van der Waals surface area (Å²) in [5.74, 6) is 1.55. The highest BCUT2D eigenvalue weighted by Gasteiger charge is 2.27. The molecular weight excluding hydrogens is 240 g/mol. The van der Waals surface area contributed by atoms with Crippen LogP contribution >= 0.6 is 0 Å². The Morgan fingerprint density at radius 1 is 1.42 bits per heavy atom. The average molecular weight is 264 g/mol. The number of nitrogens with zero attached hydrogens (tertiary/aromatic N) is 3. The van der Waals surface area contributed by atoms with Gasteiger partial charge in [0.2, 0.25) is 5.91 Å². The highest BCUT2D eigenvalue weighted by Crippen LogP contribution is 2.23. The molecule has 2 heterocycles. The highest BCUT2D eigenvalue weighted by atomic mass is 16.2. The number of rotatable bonds is 3. The SMILES string of the molecule is CC(CN)C(=O)N1CCc2c(nc(C(C)C)n2C)C1. The molecule has 0 fully saturated rings. The van der Waals surface area contributed by atoms with Crippen molar-refractivity contribution in [3.63, 3.8) is 0 Å². The van der Waals surface area contributed by atoms with E-state index in [1.807, 2.05) is 11.8 Å². The van der Waals surface area contributed by atoms with Gasteiger partial charge in [-0.15, -0.1) is 0 Å². The molecule has 0 aromatic carbocycles. The van der Waals surface area contributed by atoms with E-state index in [0.717, 1.165) is 24.5 Å². The van der Waals surface area contributed by atoms with Gasteiger partial charge in [0.05, 0.1) is 12.2 Å². The summed E-state index contributed by atoms with van der Waals surface area (Å²) in [4.78, 5) is 18.8. The average Bonchev–Trinajstić information content (AvgIpc) is 2.74. The molecule has 1 unspecified atom stereocenters. The maximum atomic E-state index is 12.2. The van der Waals surface area contributed by atoms with Crippen molar-refractivity contribution >= 4 is 5.91 Å². The maximum absolute atomic E-state index is 12.2. The summed E-state index contributed by atoms with van der Waals surface area (Å²) >= 11 is 0. The Bertz CT molecular complexity index is 478. The van der Waals surface area contributed by atoms with Crippen LogP contribution in [0, 0.1) is 5.92 Å². The van der Waals surface area contributed by atoms with Crippen LogP contribution in [-0.4, -0.2) is 33.4 Å². The van der Waals surface area contributed by atoms with Gasteiger partial charge in [0, 0.05) is 44.1 Å². The summed E-state index contributed by atoms with van der Waals surface area (Å²) in [5, 5.41) is 0. The fourth-order valence-electron chi connectivity index (χ4n) is 2.67. The molecule has 19 heavy (non-hydrogen) atoms. The Labute approximate surface area is 114 Å². The van der Waals surface area contributed by atoms with Crippen LogP contribution in [0.3, 0.4) is 0 Å². The van der Waals surface area contributed by atoms with E-state index in [2.05, 4.69) is 25.5 Å². The van der Waals surface area contributed by atoms with Gasteiger partial charge in [-0.25, -0.2) is 4.98 Å². The van der Waals surface area contributed by atoms with Gasteiger partial charge < -0.3 is 15.2 Å². The number of nitrogens with two attached hydrogens (primary N) is 1. The van der Waals surface area contributed by atoms with Crippen LogP contribution in [0.25, 0.3) is 0 Å². The van der Waals surface area contributed by atoms with E-state index in [1.54, 1.807) is 0 Å². The number of hydrogen-bond acceptors (Lipinski definition) is 3. The Balaban J connectivity index is 2.21. The first-order chi connectivity index (χ1) is 8.95. The molecule has 0 aliphatic carbocycles. The molecule has 1 aliphatic heterocycles. The third-order valence-electron chi connectivity index (χ3n) is 3.89. The zero-order valence-electron chi connectivity index (χ0n) is 12.3. The summed E-state index contributed by atoms with van der Waals surface area (Å²) in [6.45, 7) is 7.98. The van der Waals surface area contributed by atoms with Crippen LogP contribution in [0.1, 0.15) is 43.9 Å². The Morgan fingerprint density at radius 2 is 2.11 bits per heavy atom. The van der Waals surface area contributed by atoms with Crippen LogP contribution in [0.15, 0.2) is 0 Å². The van der Waals surface area contributed by atoms with Crippen molar-refractivity contribution in [1.29, 1.82) is 0 Å². The van der Waals surface area contributed by atoms with Gasteiger partial charge >= 0.3 is 0 Å². The van der Waals surface area contributed by atoms with Crippen LogP contribution in [0.5, 0.6) is 0 Å². The van der Waals surface area contributed by atoms with Gasteiger partial charge in [-0.1, -0.05) is 20.8 Å². The lowest BCUT2D eigenvalue weighted by molar-refractivity contribution is -0.135. The number of aromatic nitrogens is 2. The summed E-state index contributed by atoms with van der Waals surface area (Å²) < 4.78 is 2.19. The highest BCUT2D eigenvalue weighted by molar-refractivity contribution is 5.78. The number of hydrogen-bond donors (Lipinski definition) is 1. The van der Waals surface area contributed by atoms with Gasteiger partial charge in [-0.3, -0.25) is 4.79 Å². The predicted octanol–water partition coefficient (Wildman–Crippen LogP) is 1.02. The van der Waals surface area contributed by atoms with E-state index < -0.39 is 0 Å². The lowest BCUT2D eigenvalue weighted by Crippen LogP contribution is -2.41. The quantitative estimate of drug-likeness (QED) is 0.886. The van der Waals surface area contributed by atoms with E-state index in [0.29, 0.717) is 19.0 Å². The first kappa shape index (κ1) is 14.1. The minimum Gasteiger partial charge on any atom is -0.336 e. The van der Waals surface area contributed by atoms with Crippen molar-refractivity contribution < 1.29 is 4.79 Å². The third-order valence-corrected chi connectivity index (χ3v) is 3.89. The van der Waals surface area contributed by atoms with Crippen molar-refractivity contribution in [2.75, 3.05) is 13.1 Å². The first-order valence-corrected chi connectivity index (χ1v) is 6.98. The number of carbonyl (C=O) groups is 1. The van der Waals surface area contributed by atoms with E-state index >= 15 is 0 Å². The minimum atomic E-state index is -0.102. The fraction of sp³-hybridized carbons (Fsp3) is 0.714. The molecular formula is C14H24N4O. The fourth-order valence-corrected chi connectivity index (χ4v) is 2.67. The van der Waals surface area contributed by atoms with Crippen LogP contribution < -0.4 is 5.73 Å². The van der Waals surface area contributed by atoms with Crippen molar-refractivity contribution in [3.05, 3.63) is 17.2 Å². The Morgan fingerprint density at radius 3 is 2.68 bits per heavy atom. The lowest BCUT2D eigenvalue weighted by Gasteiger charge is -2.28. The zero-order chi connectivity index (χ0) is 14.2. The van der Waals surface area contributed by atoms with Crippen molar-refractivity contribution in [2.45, 2.75) is 39.7 Å². The van der Waals surface area contributed by atoms with E-state index in [4.69, 9.17) is 10.7 Å². The monoisotopic (exact) mass is 264 g/mol. The molecule has 1 amide bonds. The second-order valence-electron chi connectivity index (χ2n) is 5.72. The molecule has 2 N–H and O–H groups in total. The molecule has 0 bridgehead atoms. The molecule has 1 atom stereocenters. The van der Waals surface area contributed by atoms with Gasteiger partial charge in [0.25, 0.3) is 0 Å². The second-order valence-corrected chi connectivity index (χ2v) is 5.72. The molecule has 1 aliphatic rings. The maximum Gasteiger partial charge on any atom is 0.227 e. The van der Waals surface area contributed by atoms with Gasteiger partial charge in [-0.05, 0) is 0 Å². The number of carbonyl (C=O) groups excluding carboxylic acids is 1. The van der Waals surface area contributed by atoms with Crippen molar-refractivity contribution in [1.82, 2.24) is 14.5 Å². The summed E-state index contributed by atoms with van der Waals surface area (Å²) in [7, 11) is 2.07. The third kappa shape index (κ3) is 2.52. The van der Waals surface area contributed by atoms with Crippen molar-refractivity contribution in [3.8, 4) is 0 Å². The molecule has 0 radical (unpaired) electrons. The molecule has 1 aromatic rings. The zero-order valence-corrected chi connectivity index (χ0v) is 12.3. The molecule has 0 spiro atoms. The lowest BCUT2D eigenvalue weighted by atomic mass is 10.1. The first-order valence-electron chi connectivity index (χ1n) is 6.98. The molecule has 0 saturated heterocycles. The number of amides is 1. The largest absolute Gasteiger partial charge is 0.336 e. The Hall–Kier alpha value is -1.36. The molecule has 1 aromatic heterocycles. The summed E-state index contributed by atoms with van der Waals surface area (Å²) in [5.41, 5.74) is 7.90. The van der Waals surface area contributed by atoms with E-state index in [-0.39, 0.29) is 11.8 Å². The second kappa shape index (κ2) is 5.33. The van der Waals surface area contributed by atoms with Crippen LogP contribution in [-0.2, 0) is 24.8 Å². The molecule has 106 valence electrons. The smallest absolute Gasteiger partial charge is 0.227 e. The van der Waals surface area contributed by atoms with Gasteiger partial charge in [-0.2, -0.15) is 0 Å². The predicted molar refractivity (Wildman–Crippen MR) is 74.6 cm³/mol. The van der Waals surface area contributed by atoms with Gasteiger partial charge in [0.1, 0.15) is 5.82 Å². The standard InChI is InChI=1S/C14H24N4O/c1-9(2)13-16-11-8-18(14(19)10(3)7-15)6-5-12(11)17(13)4/h9-10H,5-8,15H2,1-4H3. The Kier molecular flexibility index (Phi) is 3.94. The van der Waals surface area contributed by atoms with Crippen molar-refractivity contribution in [2.24, 2.45) is 18.7 Å². The molecule has 0 saturated carbocycles. The van der Waals surface area contributed by atoms with E-state index in [1.165, 1.54) is 5.69 Å². The van der Waals surface area contributed by atoms with Crippen LogP contribution in [0.2, 0.25) is 0 Å². The summed E-state index contributed by atoms with van der Waals surface area (Å²) in [6, 6.07) is 0. The molecule has 2 rings (SSSR count). The number of imidazole rings is 1. The van der Waals surface area contributed by atoms with Gasteiger partial charge in [0.15, 0.2) is 0 Å². The van der Waals surface area contributed by atoms with E-state index in [9.17, 15) is 4.79 Å². The number of fused-ring (bicyclic) bond motifs is 1.